The minimum atomic E-state index is -4.81. The van der Waals surface area contributed by atoms with Crippen molar-refractivity contribution in [2.75, 3.05) is 13.1 Å². The highest BCUT2D eigenvalue weighted by Crippen LogP contribution is 2.48. The number of halogens is 3. The zero-order chi connectivity index (χ0) is 35.3. The van der Waals surface area contributed by atoms with Crippen LogP contribution in [0.15, 0.2) is 42.6 Å². The molecule has 2 aliphatic heterocycles. The van der Waals surface area contributed by atoms with Gasteiger partial charge in [0.1, 0.15) is 35.7 Å². The van der Waals surface area contributed by atoms with Gasteiger partial charge in [-0.25, -0.2) is 0 Å². The van der Waals surface area contributed by atoms with E-state index < -0.39 is 18.2 Å². The topological polar surface area (TPSA) is 98.9 Å². The zero-order valence-corrected chi connectivity index (χ0v) is 29.0. The smallest absolute Gasteiger partial charge is 0.490 e. The molecule has 1 unspecified atom stereocenters. The van der Waals surface area contributed by atoms with Crippen LogP contribution in [-0.4, -0.2) is 56.5 Å². The highest BCUT2D eigenvalue weighted by molar-refractivity contribution is 5.71. The van der Waals surface area contributed by atoms with E-state index in [4.69, 9.17) is 9.47 Å². The summed E-state index contributed by atoms with van der Waals surface area (Å²) in [5, 5.41) is 18.1. The highest BCUT2D eigenvalue weighted by Gasteiger charge is 2.40. The normalized spacial score (nSPS) is 19.7. The lowest BCUT2D eigenvalue weighted by molar-refractivity contribution is -0.275. The van der Waals surface area contributed by atoms with Crippen molar-refractivity contribution in [2.24, 2.45) is 17.8 Å². The molecule has 3 aromatic rings. The number of carboxylic acids is 1. The number of likely N-dealkylation sites (tertiary alicyclic amines) is 1. The van der Waals surface area contributed by atoms with Gasteiger partial charge < -0.3 is 19.3 Å². The molecular weight excluding hydrogens is 649 g/mol. The number of unbranched alkanes of at least 4 members (excludes halogenated alkanes) is 3. The van der Waals surface area contributed by atoms with Crippen molar-refractivity contribution >= 4 is 5.97 Å². The van der Waals surface area contributed by atoms with E-state index in [1.807, 2.05) is 6.20 Å². The van der Waals surface area contributed by atoms with Crippen LogP contribution in [-0.2, 0) is 30.9 Å². The number of piperidine rings is 1. The molecule has 1 saturated carbocycles. The first kappa shape index (κ1) is 36.0. The Kier molecular flexibility index (Phi) is 11.6. The van der Waals surface area contributed by atoms with Gasteiger partial charge in [0.25, 0.3) is 0 Å². The van der Waals surface area contributed by atoms with E-state index in [2.05, 4.69) is 45.1 Å². The predicted octanol–water partition coefficient (Wildman–Crippen LogP) is 8.16. The Morgan fingerprint density at radius 3 is 2.58 bits per heavy atom. The molecule has 0 amide bonds. The average molecular weight is 699 g/mol. The third kappa shape index (κ3) is 9.50. The van der Waals surface area contributed by atoms with Crippen LogP contribution >= 0.6 is 0 Å². The maximum Gasteiger partial charge on any atom is 0.573 e. The Balaban J connectivity index is 1.05. The number of hydrogen-bond donors (Lipinski definition) is 1. The molecule has 50 heavy (non-hydrogen) atoms. The fourth-order valence-electron chi connectivity index (χ4n) is 7.61. The molecule has 3 aliphatic rings. The van der Waals surface area contributed by atoms with Gasteiger partial charge >= 0.3 is 12.3 Å². The minimum Gasteiger partial charge on any atom is -0.490 e. The number of aromatic nitrogens is 3. The Morgan fingerprint density at radius 2 is 1.86 bits per heavy atom. The molecule has 1 N–H and O–H groups in total. The number of hydrogen-bond acceptors (Lipinski definition) is 7. The van der Waals surface area contributed by atoms with E-state index in [9.17, 15) is 23.1 Å². The van der Waals surface area contributed by atoms with Crippen LogP contribution in [0.2, 0.25) is 0 Å². The van der Waals surface area contributed by atoms with E-state index in [0.29, 0.717) is 35.4 Å². The lowest BCUT2D eigenvalue weighted by atomic mass is 9.81. The van der Waals surface area contributed by atoms with E-state index in [0.717, 1.165) is 94.3 Å². The van der Waals surface area contributed by atoms with Crippen molar-refractivity contribution in [3.05, 3.63) is 65.0 Å². The Bertz CT molecular complexity index is 1580. The number of aryl methyl sites for hydroxylation is 2. The summed E-state index contributed by atoms with van der Waals surface area (Å²) in [6.45, 7) is 6.64. The summed E-state index contributed by atoms with van der Waals surface area (Å²) in [4.78, 5) is 14.0. The molecule has 272 valence electrons. The van der Waals surface area contributed by atoms with Gasteiger partial charge in [-0.3, -0.25) is 14.4 Å². The quantitative estimate of drug-likeness (QED) is 0.150. The van der Waals surface area contributed by atoms with Crippen LogP contribution in [0.3, 0.4) is 0 Å². The average Bonchev–Trinajstić information content (AvgIpc) is 3.82. The fraction of sp³-hybridized carbons (Fsp3) is 0.605. The molecule has 12 heteroatoms. The van der Waals surface area contributed by atoms with Crippen molar-refractivity contribution in [1.82, 2.24) is 19.9 Å². The summed E-state index contributed by atoms with van der Waals surface area (Å²) in [6, 6.07) is 10.7. The minimum absolute atomic E-state index is 0.0130. The van der Waals surface area contributed by atoms with Crippen LogP contribution in [0.4, 0.5) is 13.2 Å². The first-order valence-electron chi connectivity index (χ1n) is 18.2. The van der Waals surface area contributed by atoms with Crippen LogP contribution in [0.5, 0.6) is 17.2 Å². The van der Waals surface area contributed by atoms with Crippen molar-refractivity contribution in [3.8, 4) is 17.2 Å². The number of carbonyl (C=O) groups is 1. The van der Waals surface area contributed by atoms with Gasteiger partial charge in [0.2, 0.25) is 0 Å². The second-order valence-electron chi connectivity index (χ2n) is 14.3. The van der Waals surface area contributed by atoms with Gasteiger partial charge in [0.05, 0.1) is 12.1 Å². The number of carboxylic acid groups (broad SMARTS) is 1. The van der Waals surface area contributed by atoms with Crippen LogP contribution < -0.4 is 14.2 Å². The summed E-state index contributed by atoms with van der Waals surface area (Å²) in [5.74, 6) is 0.573. The molecule has 1 aliphatic carbocycles. The molecule has 0 bridgehead atoms. The molecule has 1 aromatic heterocycles. The van der Waals surface area contributed by atoms with Crippen LogP contribution in [0, 0.1) is 17.8 Å². The Labute approximate surface area is 292 Å². The van der Waals surface area contributed by atoms with Crippen LogP contribution in [0.1, 0.15) is 99.9 Å². The Morgan fingerprint density at radius 1 is 1.06 bits per heavy atom. The van der Waals surface area contributed by atoms with E-state index in [1.54, 1.807) is 17.7 Å². The summed E-state index contributed by atoms with van der Waals surface area (Å²) >= 11 is 0. The zero-order valence-electron chi connectivity index (χ0n) is 29.0. The maximum absolute atomic E-state index is 13.3. The second-order valence-corrected chi connectivity index (χ2v) is 14.3. The summed E-state index contributed by atoms with van der Waals surface area (Å²) < 4.78 is 58.7. The lowest BCUT2D eigenvalue weighted by Crippen LogP contribution is -2.40. The van der Waals surface area contributed by atoms with Gasteiger partial charge in [0, 0.05) is 18.7 Å². The molecule has 1 saturated heterocycles. The number of alkyl halides is 3. The molecule has 2 aromatic carbocycles. The summed E-state index contributed by atoms with van der Waals surface area (Å²) in [5.41, 5.74) is 3.27. The predicted molar refractivity (Wildman–Crippen MR) is 181 cm³/mol. The number of nitrogens with zero attached hydrogens (tertiary/aromatic N) is 4. The van der Waals surface area contributed by atoms with Crippen molar-refractivity contribution in [3.63, 3.8) is 0 Å². The number of benzene rings is 2. The molecule has 3 atom stereocenters. The largest absolute Gasteiger partial charge is 0.573 e. The standard InChI is InChI=1S/C38H49F3N4O5/c1-3-4-5-6-17-45-23-31(42-43-45)24-48-32-12-14-34(50-38(39,40)41)30(20-32)22-44-18-15-27(16-19-44)33-13-11-26-7-10-29(21-35(26)49-33)36(28-8-9-28)25(2)37(46)47/h7,10,12,14,20-21,23,25,27-28,33,36H,3-6,8-9,11,13,15-19,22,24H2,1-2H3,(H,46,47)/t25-,33?,36-/m0/s1. The van der Waals surface area contributed by atoms with Gasteiger partial charge in [0.15, 0.2) is 0 Å². The third-order valence-corrected chi connectivity index (χ3v) is 10.5. The van der Waals surface area contributed by atoms with Crippen molar-refractivity contribution in [1.29, 1.82) is 0 Å². The van der Waals surface area contributed by atoms with E-state index in [-0.39, 0.29) is 24.4 Å². The van der Waals surface area contributed by atoms with Crippen molar-refractivity contribution < 1.29 is 37.3 Å². The fourth-order valence-corrected chi connectivity index (χ4v) is 7.61. The first-order valence-corrected chi connectivity index (χ1v) is 18.2. The molecule has 0 radical (unpaired) electrons. The highest BCUT2D eigenvalue weighted by atomic mass is 19.4. The molecule has 3 heterocycles. The summed E-state index contributed by atoms with van der Waals surface area (Å²) in [6.07, 6.45) is 7.25. The van der Waals surface area contributed by atoms with Crippen molar-refractivity contribution in [2.45, 2.75) is 116 Å². The first-order chi connectivity index (χ1) is 24.1. The molecular formula is C38H49F3N4O5. The summed E-state index contributed by atoms with van der Waals surface area (Å²) in [7, 11) is 0. The molecule has 6 rings (SSSR count). The number of aliphatic carboxylic acids is 1. The van der Waals surface area contributed by atoms with Gasteiger partial charge in [-0.1, -0.05) is 50.5 Å². The number of fused-ring (bicyclic) bond motifs is 1. The van der Waals surface area contributed by atoms with Crippen LogP contribution in [0.25, 0.3) is 0 Å². The second kappa shape index (κ2) is 16.0. The molecule has 0 spiro atoms. The maximum atomic E-state index is 13.3. The SMILES string of the molecule is CCCCCCn1cc(COc2ccc(OC(F)(F)F)c(CN3CCC(C4CCc5ccc([C@H](C6CC6)[C@H](C)C(=O)O)cc5O4)CC3)c2)nn1. The molecule has 9 nitrogen and oxygen atoms in total. The van der Waals surface area contributed by atoms with Gasteiger partial charge in [-0.2, -0.15) is 0 Å². The number of ether oxygens (including phenoxy) is 3. The van der Waals surface area contributed by atoms with E-state index >= 15 is 0 Å². The monoisotopic (exact) mass is 698 g/mol. The van der Waals surface area contributed by atoms with Gasteiger partial charge in [-0.15, -0.1) is 18.3 Å². The third-order valence-electron chi connectivity index (χ3n) is 10.5. The lowest BCUT2D eigenvalue weighted by Gasteiger charge is -2.38. The Hall–Kier alpha value is -3.80. The van der Waals surface area contributed by atoms with Gasteiger partial charge in [-0.05, 0) is 111 Å². The molecule has 2 fully saturated rings. The number of rotatable bonds is 16. The van der Waals surface area contributed by atoms with E-state index in [1.165, 1.54) is 18.6 Å².